The minimum absolute atomic E-state index is 0.0980. The lowest BCUT2D eigenvalue weighted by atomic mass is 9.99. The number of rotatable bonds is 5. The molecule has 120 valence electrons. The topological polar surface area (TPSA) is 66.4 Å². The summed E-state index contributed by atoms with van der Waals surface area (Å²) in [7, 11) is 0. The van der Waals surface area contributed by atoms with Crippen molar-refractivity contribution in [1.82, 2.24) is 5.32 Å². The second-order valence-electron chi connectivity index (χ2n) is 5.78. The van der Waals surface area contributed by atoms with Gasteiger partial charge in [-0.1, -0.05) is 30.3 Å². The van der Waals surface area contributed by atoms with Crippen LogP contribution in [0.25, 0.3) is 0 Å². The Balaban J connectivity index is 1.67. The molecule has 1 atom stereocenters. The van der Waals surface area contributed by atoms with Crippen LogP contribution >= 0.6 is 11.3 Å². The second kappa shape index (κ2) is 6.96. The molecule has 3 rings (SSSR count). The Morgan fingerprint density at radius 2 is 1.91 bits per heavy atom. The van der Waals surface area contributed by atoms with E-state index in [0.29, 0.717) is 10.4 Å². The highest BCUT2D eigenvalue weighted by Gasteiger charge is 2.22. The Bertz CT molecular complexity index is 685. The van der Waals surface area contributed by atoms with Gasteiger partial charge < -0.3 is 10.4 Å². The van der Waals surface area contributed by atoms with E-state index in [2.05, 4.69) is 5.32 Å². The molecule has 4 nitrogen and oxygen atoms in total. The van der Waals surface area contributed by atoms with Crippen LogP contribution in [-0.4, -0.2) is 23.5 Å². The monoisotopic (exact) mass is 329 g/mol. The first-order valence-corrected chi connectivity index (χ1v) is 8.64. The zero-order chi connectivity index (χ0) is 16.2. The number of fused-ring (bicyclic) bond motifs is 1. The Morgan fingerprint density at radius 3 is 2.61 bits per heavy atom. The summed E-state index contributed by atoms with van der Waals surface area (Å²) in [5.41, 5.74) is 1.98. The maximum absolute atomic E-state index is 12.3. The van der Waals surface area contributed by atoms with Crippen molar-refractivity contribution in [1.29, 1.82) is 0 Å². The molecule has 2 N–H and O–H groups in total. The zero-order valence-corrected chi connectivity index (χ0v) is 13.6. The van der Waals surface area contributed by atoms with Crippen molar-refractivity contribution in [3.63, 3.8) is 0 Å². The summed E-state index contributed by atoms with van der Waals surface area (Å²) in [5, 5.41) is 12.2. The fourth-order valence-corrected chi connectivity index (χ4v) is 4.09. The zero-order valence-electron chi connectivity index (χ0n) is 12.7. The Kier molecular flexibility index (Phi) is 4.76. The van der Waals surface area contributed by atoms with E-state index in [1.165, 1.54) is 34.6 Å². The first-order valence-electron chi connectivity index (χ1n) is 7.82. The molecule has 1 amide bonds. The number of aryl methyl sites for hydroxylation is 2. The molecule has 1 aromatic carbocycles. The van der Waals surface area contributed by atoms with Crippen molar-refractivity contribution in [3.05, 3.63) is 57.3 Å². The lowest BCUT2D eigenvalue weighted by Gasteiger charge is -2.13. The number of aliphatic carboxylic acids is 1. The van der Waals surface area contributed by atoms with Gasteiger partial charge in [-0.05, 0) is 42.9 Å². The van der Waals surface area contributed by atoms with Gasteiger partial charge >= 0.3 is 5.97 Å². The predicted octanol–water partition coefficient (Wildman–Crippen LogP) is 3.23. The van der Waals surface area contributed by atoms with E-state index in [4.69, 9.17) is 0 Å². The average Bonchev–Trinajstić information content (AvgIpc) is 2.99. The van der Waals surface area contributed by atoms with Crippen LogP contribution in [0, 0.1) is 0 Å². The number of nitrogens with one attached hydrogen (secondary N) is 1. The number of carbonyl (C=O) groups excluding carboxylic acids is 1. The fraction of sp³-hybridized carbons (Fsp3) is 0.333. The number of hydrogen-bond acceptors (Lipinski definition) is 3. The Labute approximate surface area is 139 Å². The summed E-state index contributed by atoms with van der Waals surface area (Å²) in [6.07, 6.45) is 4.46. The molecule has 0 bridgehead atoms. The predicted molar refractivity (Wildman–Crippen MR) is 90.1 cm³/mol. The number of carbonyl (C=O) groups is 2. The van der Waals surface area contributed by atoms with Gasteiger partial charge in [-0.25, -0.2) is 0 Å². The SMILES string of the molecule is O=C(NCC(C(=O)O)c1ccccc1)c1cc2c(s1)CCCC2. The molecule has 0 aliphatic heterocycles. The van der Waals surface area contributed by atoms with Gasteiger partial charge in [0, 0.05) is 11.4 Å². The maximum Gasteiger partial charge on any atom is 0.312 e. The van der Waals surface area contributed by atoms with Gasteiger partial charge in [0.2, 0.25) is 0 Å². The van der Waals surface area contributed by atoms with Gasteiger partial charge in [0.1, 0.15) is 0 Å². The second-order valence-corrected chi connectivity index (χ2v) is 6.91. The first-order chi connectivity index (χ1) is 11.1. The normalized spacial score (nSPS) is 14.8. The van der Waals surface area contributed by atoms with Crippen LogP contribution in [-0.2, 0) is 17.6 Å². The summed E-state index contributed by atoms with van der Waals surface area (Å²) in [5.74, 6) is -1.83. The van der Waals surface area contributed by atoms with Crippen LogP contribution in [0.15, 0.2) is 36.4 Å². The number of carboxylic acid groups (broad SMARTS) is 1. The van der Waals surface area contributed by atoms with Crippen molar-refractivity contribution in [3.8, 4) is 0 Å². The van der Waals surface area contributed by atoms with Crippen LogP contribution in [0.4, 0.5) is 0 Å². The molecule has 5 heteroatoms. The molecule has 0 spiro atoms. The molecule has 0 fully saturated rings. The van der Waals surface area contributed by atoms with Crippen molar-refractivity contribution in [2.75, 3.05) is 6.54 Å². The van der Waals surface area contributed by atoms with E-state index in [-0.39, 0.29) is 12.5 Å². The minimum Gasteiger partial charge on any atom is -0.481 e. The fourth-order valence-electron chi connectivity index (χ4n) is 2.92. The average molecular weight is 329 g/mol. The molecule has 0 saturated carbocycles. The third-order valence-corrected chi connectivity index (χ3v) is 5.42. The van der Waals surface area contributed by atoms with Gasteiger partial charge in [0.25, 0.3) is 5.91 Å². The highest BCUT2D eigenvalue weighted by Crippen LogP contribution is 2.29. The Morgan fingerprint density at radius 1 is 1.17 bits per heavy atom. The highest BCUT2D eigenvalue weighted by molar-refractivity contribution is 7.14. The molecule has 1 aromatic heterocycles. The summed E-state index contributed by atoms with van der Waals surface area (Å²) >= 11 is 1.54. The number of benzene rings is 1. The van der Waals surface area contributed by atoms with Crippen molar-refractivity contribution in [2.45, 2.75) is 31.6 Å². The summed E-state index contributed by atoms with van der Waals surface area (Å²) in [6.45, 7) is 0.0980. The lowest BCUT2D eigenvalue weighted by molar-refractivity contribution is -0.138. The molecule has 1 heterocycles. The smallest absolute Gasteiger partial charge is 0.312 e. The van der Waals surface area contributed by atoms with Crippen LogP contribution in [0.2, 0.25) is 0 Å². The Hall–Kier alpha value is -2.14. The van der Waals surface area contributed by atoms with Crippen molar-refractivity contribution in [2.24, 2.45) is 0 Å². The van der Waals surface area contributed by atoms with Crippen LogP contribution in [0.3, 0.4) is 0 Å². The molecule has 0 radical (unpaired) electrons. The van der Waals surface area contributed by atoms with Gasteiger partial charge in [-0.15, -0.1) is 11.3 Å². The first kappa shape index (κ1) is 15.7. The molecule has 1 aliphatic rings. The van der Waals surface area contributed by atoms with E-state index in [1.54, 1.807) is 24.3 Å². The van der Waals surface area contributed by atoms with Gasteiger partial charge in [0.15, 0.2) is 0 Å². The van der Waals surface area contributed by atoms with Crippen LogP contribution in [0.5, 0.6) is 0 Å². The maximum atomic E-state index is 12.3. The molecular weight excluding hydrogens is 310 g/mol. The molecule has 0 saturated heterocycles. The van der Waals surface area contributed by atoms with E-state index >= 15 is 0 Å². The summed E-state index contributed by atoms with van der Waals surface area (Å²) < 4.78 is 0. The van der Waals surface area contributed by atoms with Gasteiger partial charge in [-0.2, -0.15) is 0 Å². The van der Waals surface area contributed by atoms with E-state index in [1.807, 2.05) is 12.1 Å². The lowest BCUT2D eigenvalue weighted by Crippen LogP contribution is -2.31. The van der Waals surface area contributed by atoms with Crippen LogP contribution < -0.4 is 5.32 Å². The van der Waals surface area contributed by atoms with E-state index < -0.39 is 11.9 Å². The largest absolute Gasteiger partial charge is 0.481 e. The quantitative estimate of drug-likeness (QED) is 0.885. The number of thiophene rings is 1. The summed E-state index contributed by atoms with van der Waals surface area (Å²) in [4.78, 5) is 25.8. The molecular formula is C18H19NO3S. The third kappa shape index (κ3) is 3.62. The number of carboxylic acids is 1. The molecule has 23 heavy (non-hydrogen) atoms. The molecule has 1 aliphatic carbocycles. The third-order valence-electron chi connectivity index (χ3n) is 4.19. The summed E-state index contributed by atoms with van der Waals surface area (Å²) in [6, 6.07) is 11.0. The van der Waals surface area contributed by atoms with Gasteiger partial charge in [-0.3, -0.25) is 9.59 Å². The molecule has 1 unspecified atom stereocenters. The minimum atomic E-state index is -0.929. The number of amides is 1. The van der Waals surface area contributed by atoms with Crippen molar-refractivity contribution < 1.29 is 14.7 Å². The molecule has 2 aromatic rings. The van der Waals surface area contributed by atoms with Crippen molar-refractivity contribution >= 4 is 23.2 Å². The van der Waals surface area contributed by atoms with E-state index in [0.717, 1.165) is 12.8 Å². The van der Waals surface area contributed by atoms with Gasteiger partial charge in [0.05, 0.1) is 10.8 Å². The van der Waals surface area contributed by atoms with Crippen LogP contribution in [0.1, 0.15) is 44.4 Å². The highest BCUT2D eigenvalue weighted by atomic mass is 32.1. The van der Waals surface area contributed by atoms with E-state index in [9.17, 15) is 14.7 Å². The standard InChI is InChI=1S/C18H19NO3S/c20-17(16-10-13-8-4-5-9-15(13)23-16)19-11-14(18(21)22)12-6-2-1-3-7-12/h1-3,6-7,10,14H,4-5,8-9,11H2,(H,19,20)(H,21,22). The number of hydrogen-bond donors (Lipinski definition) is 2.